The van der Waals surface area contributed by atoms with Gasteiger partial charge in [0.05, 0.1) is 5.25 Å². The van der Waals surface area contributed by atoms with Crippen molar-refractivity contribution in [1.29, 1.82) is 0 Å². The van der Waals surface area contributed by atoms with Crippen LogP contribution in [-0.2, 0) is 9.84 Å². The smallest absolute Gasteiger partial charge is 0.427 e. The lowest BCUT2D eigenvalue weighted by Gasteiger charge is -2.05. The SMILES string of the molecule is CC(C)S(=O)(=O)CCB(O)O. The summed E-state index contributed by atoms with van der Waals surface area (Å²) in [4.78, 5) is 0. The fraction of sp³-hybridized carbons (Fsp3) is 1.00. The highest BCUT2D eigenvalue weighted by atomic mass is 32.2. The molecule has 0 aliphatic heterocycles. The molecule has 0 aromatic heterocycles. The molecule has 66 valence electrons. The summed E-state index contributed by atoms with van der Waals surface area (Å²) in [6.45, 7) is 3.14. The van der Waals surface area contributed by atoms with E-state index in [1.165, 1.54) is 0 Å². The first kappa shape index (κ1) is 10.9. The molecule has 11 heavy (non-hydrogen) atoms. The van der Waals surface area contributed by atoms with Crippen molar-refractivity contribution >= 4 is 17.0 Å². The summed E-state index contributed by atoms with van der Waals surface area (Å²) in [6.07, 6.45) is -0.111. The van der Waals surface area contributed by atoms with E-state index in [9.17, 15) is 8.42 Å². The molecule has 0 bridgehead atoms. The highest BCUT2D eigenvalue weighted by molar-refractivity contribution is 7.92. The van der Waals surface area contributed by atoms with Gasteiger partial charge in [0.25, 0.3) is 0 Å². The maximum Gasteiger partial charge on any atom is 0.452 e. The molecule has 0 aliphatic carbocycles. The Kier molecular flexibility index (Phi) is 4.06. The van der Waals surface area contributed by atoms with E-state index in [2.05, 4.69) is 0 Å². The van der Waals surface area contributed by atoms with E-state index in [-0.39, 0.29) is 12.1 Å². The Morgan fingerprint density at radius 3 is 2.09 bits per heavy atom. The zero-order valence-corrected chi connectivity index (χ0v) is 7.50. The Hall–Kier alpha value is -0.0651. The van der Waals surface area contributed by atoms with Gasteiger partial charge in [0, 0.05) is 5.75 Å². The maximum absolute atomic E-state index is 11.0. The third-order valence-electron chi connectivity index (χ3n) is 1.38. The lowest BCUT2D eigenvalue weighted by atomic mass is 9.88. The summed E-state index contributed by atoms with van der Waals surface area (Å²) in [5.74, 6) is -0.164. The van der Waals surface area contributed by atoms with E-state index in [0.717, 1.165) is 0 Å². The van der Waals surface area contributed by atoms with Gasteiger partial charge in [0.15, 0.2) is 9.84 Å². The Morgan fingerprint density at radius 2 is 1.82 bits per heavy atom. The summed E-state index contributed by atoms with van der Waals surface area (Å²) in [6, 6.07) is 0. The van der Waals surface area contributed by atoms with Crippen LogP contribution in [0.15, 0.2) is 0 Å². The minimum absolute atomic E-state index is 0.111. The van der Waals surface area contributed by atoms with Gasteiger partial charge < -0.3 is 10.0 Å². The molecule has 0 rings (SSSR count). The van der Waals surface area contributed by atoms with Crippen LogP contribution >= 0.6 is 0 Å². The fourth-order valence-corrected chi connectivity index (χ4v) is 1.52. The van der Waals surface area contributed by atoms with Crippen molar-refractivity contribution in [2.24, 2.45) is 0 Å². The summed E-state index contributed by atoms with van der Waals surface area (Å²) < 4.78 is 22.0. The monoisotopic (exact) mass is 180 g/mol. The molecule has 0 atom stereocenters. The number of hydrogen-bond acceptors (Lipinski definition) is 4. The van der Waals surface area contributed by atoms with Crippen molar-refractivity contribution in [2.45, 2.75) is 25.4 Å². The van der Waals surface area contributed by atoms with Gasteiger partial charge in [-0.25, -0.2) is 8.42 Å². The van der Waals surface area contributed by atoms with Gasteiger partial charge in [0.2, 0.25) is 0 Å². The fourth-order valence-electron chi connectivity index (χ4n) is 0.505. The first-order chi connectivity index (χ1) is 4.86. The molecule has 0 heterocycles. The second-order valence-corrected chi connectivity index (χ2v) is 5.36. The van der Waals surface area contributed by atoms with Crippen LogP contribution in [0.5, 0.6) is 0 Å². The third-order valence-corrected chi connectivity index (χ3v) is 3.62. The number of hydrogen-bond donors (Lipinski definition) is 2. The largest absolute Gasteiger partial charge is 0.452 e. The summed E-state index contributed by atoms with van der Waals surface area (Å²) in [5, 5.41) is 16.3. The van der Waals surface area contributed by atoms with Gasteiger partial charge in [-0.1, -0.05) is 0 Å². The Morgan fingerprint density at radius 1 is 1.36 bits per heavy atom. The molecule has 0 aromatic rings. The second kappa shape index (κ2) is 4.08. The molecule has 0 saturated carbocycles. The highest BCUT2D eigenvalue weighted by Gasteiger charge is 2.19. The predicted octanol–water partition coefficient (Wildman–Crippen LogP) is -0.718. The number of rotatable bonds is 4. The average Bonchev–Trinajstić information content (AvgIpc) is 1.84. The van der Waals surface area contributed by atoms with Gasteiger partial charge in [-0.15, -0.1) is 0 Å². The standard InChI is InChI=1S/C5H13BO4S/c1-5(2)11(9,10)4-3-6(7)8/h5,7-8H,3-4H2,1-2H3. The molecule has 0 amide bonds. The van der Waals surface area contributed by atoms with Crippen LogP contribution in [0.1, 0.15) is 13.8 Å². The van der Waals surface area contributed by atoms with Crippen molar-refractivity contribution in [3.05, 3.63) is 0 Å². The Labute approximate surface area is 67.3 Å². The van der Waals surface area contributed by atoms with Gasteiger partial charge in [0.1, 0.15) is 0 Å². The Bertz CT molecular complexity index is 197. The molecule has 0 unspecified atom stereocenters. The van der Waals surface area contributed by atoms with E-state index in [4.69, 9.17) is 10.0 Å². The van der Waals surface area contributed by atoms with E-state index < -0.39 is 22.2 Å². The molecule has 0 fully saturated rings. The topological polar surface area (TPSA) is 74.6 Å². The maximum atomic E-state index is 11.0. The van der Waals surface area contributed by atoms with Gasteiger partial charge in [-0.3, -0.25) is 0 Å². The first-order valence-corrected chi connectivity index (χ1v) is 5.15. The number of sulfone groups is 1. The van der Waals surface area contributed by atoms with Crippen molar-refractivity contribution in [1.82, 2.24) is 0 Å². The van der Waals surface area contributed by atoms with E-state index in [1.54, 1.807) is 13.8 Å². The highest BCUT2D eigenvalue weighted by Crippen LogP contribution is 2.03. The van der Waals surface area contributed by atoms with Crippen LogP contribution in [0.25, 0.3) is 0 Å². The van der Waals surface area contributed by atoms with Gasteiger partial charge in [-0.2, -0.15) is 0 Å². The van der Waals surface area contributed by atoms with Crippen LogP contribution in [0.3, 0.4) is 0 Å². The summed E-state index contributed by atoms with van der Waals surface area (Å²) in [7, 11) is -4.64. The molecule has 0 radical (unpaired) electrons. The van der Waals surface area contributed by atoms with E-state index >= 15 is 0 Å². The zero-order valence-electron chi connectivity index (χ0n) is 6.69. The molecular formula is C5H13BO4S. The molecule has 0 spiro atoms. The van der Waals surface area contributed by atoms with Crippen LogP contribution in [0.2, 0.25) is 6.32 Å². The van der Waals surface area contributed by atoms with Gasteiger partial charge >= 0.3 is 7.12 Å². The lowest BCUT2D eigenvalue weighted by Crippen LogP contribution is -2.22. The molecule has 0 aromatic carbocycles. The molecule has 0 saturated heterocycles. The first-order valence-electron chi connectivity index (χ1n) is 3.44. The van der Waals surface area contributed by atoms with Gasteiger partial charge in [-0.05, 0) is 20.2 Å². The van der Waals surface area contributed by atoms with E-state index in [1.807, 2.05) is 0 Å². The van der Waals surface area contributed by atoms with Crippen LogP contribution in [-0.4, -0.2) is 36.6 Å². The summed E-state index contributed by atoms with van der Waals surface area (Å²) in [5.41, 5.74) is 0. The zero-order chi connectivity index (χ0) is 9.07. The minimum atomic E-state index is -3.11. The van der Waals surface area contributed by atoms with Crippen LogP contribution < -0.4 is 0 Å². The third kappa shape index (κ3) is 4.39. The van der Waals surface area contributed by atoms with E-state index in [0.29, 0.717) is 0 Å². The van der Waals surface area contributed by atoms with Crippen LogP contribution in [0, 0.1) is 0 Å². The molecule has 6 heteroatoms. The summed E-state index contributed by atoms with van der Waals surface area (Å²) >= 11 is 0. The van der Waals surface area contributed by atoms with Crippen LogP contribution in [0.4, 0.5) is 0 Å². The second-order valence-electron chi connectivity index (χ2n) is 2.69. The van der Waals surface area contributed by atoms with Crippen molar-refractivity contribution < 1.29 is 18.5 Å². The molecular weight excluding hydrogens is 167 g/mol. The predicted molar refractivity (Wildman–Crippen MR) is 43.9 cm³/mol. The molecule has 2 N–H and O–H groups in total. The van der Waals surface area contributed by atoms with Crippen molar-refractivity contribution in [3.63, 3.8) is 0 Å². The minimum Gasteiger partial charge on any atom is -0.427 e. The normalized spacial score (nSPS) is 12.1. The molecule has 0 aliphatic rings. The average molecular weight is 180 g/mol. The van der Waals surface area contributed by atoms with Crippen molar-refractivity contribution in [2.75, 3.05) is 5.75 Å². The van der Waals surface area contributed by atoms with Crippen molar-refractivity contribution in [3.8, 4) is 0 Å². The molecule has 4 nitrogen and oxygen atoms in total. The quantitative estimate of drug-likeness (QED) is 0.560. The Balaban J connectivity index is 3.95. The lowest BCUT2D eigenvalue weighted by molar-refractivity contribution is 0.407.